The van der Waals surface area contributed by atoms with Gasteiger partial charge in [-0.15, -0.1) is 0 Å². The van der Waals surface area contributed by atoms with Crippen LogP contribution in [0.1, 0.15) is 59.4 Å². The number of carboxylic acid groups (broad SMARTS) is 1. The molecule has 1 N–H and O–H groups in total. The number of rotatable bonds is 10. The summed E-state index contributed by atoms with van der Waals surface area (Å²) in [7, 11) is 0. The first-order chi connectivity index (χ1) is 17.5. The molecule has 2 atom stereocenters. The van der Waals surface area contributed by atoms with Crippen molar-refractivity contribution in [3.63, 3.8) is 0 Å². The molecule has 1 saturated heterocycles. The SMILES string of the molecule is CC(C)CC1(CC(=O)O)C(=O)N(CCc2ccccc2)CC1CCN1C(=O)c2cc(F)c(F)cc2C1=O. The van der Waals surface area contributed by atoms with E-state index in [-0.39, 0.29) is 42.3 Å². The third kappa shape index (κ3) is 5.12. The topological polar surface area (TPSA) is 95.0 Å². The van der Waals surface area contributed by atoms with Gasteiger partial charge in [-0.3, -0.25) is 24.1 Å². The van der Waals surface area contributed by atoms with Crippen LogP contribution in [0.4, 0.5) is 8.78 Å². The number of carbonyl (C=O) groups excluding carboxylic acids is 3. The molecule has 0 radical (unpaired) electrons. The number of carboxylic acids is 1. The Kier molecular flexibility index (Phi) is 7.43. The predicted molar refractivity (Wildman–Crippen MR) is 131 cm³/mol. The third-order valence-electron chi connectivity index (χ3n) is 7.40. The number of benzene rings is 2. The van der Waals surface area contributed by atoms with Crippen LogP contribution in [0.2, 0.25) is 0 Å². The lowest BCUT2D eigenvalue weighted by molar-refractivity contribution is -0.148. The average molecular weight is 513 g/mol. The standard InChI is InChI=1S/C28H30F2N2O5/c1-17(2)14-28(15-24(33)34)19(16-31(27(28)37)10-8-18-6-4-3-5-7-18)9-11-32-25(35)20-12-22(29)23(30)13-21(20)26(32)36/h3-7,12-13,17,19H,8-11,14-16H2,1-2H3,(H,33,34). The molecule has 7 nitrogen and oxygen atoms in total. The van der Waals surface area contributed by atoms with E-state index in [0.29, 0.717) is 25.9 Å². The highest BCUT2D eigenvalue weighted by Crippen LogP contribution is 2.47. The molecule has 2 aliphatic rings. The molecule has 0 aliphatic carbocycles. The quantitative estimate of drug-likeness (QED) is 0.483. The van der Waals surface area contributed by atoms with Crippen molar-refractivity contribution in [3.05, 3.63) is 70.8 Å². The molecule has 37 heavy (non-hydrogen) atoms. The molecular formula is C28H30F2N2O5. The molecule has 2 heterocycles. The van der Waals surface area contributed by atoms with E-state index < -0.39 is 40.8 Å². The Morgan fingerprint density at radius 3 is 2.16 bits per heavy atom. The van der Waals surface area contributed by atoms with Gasteiger partial charge < -0.3 is 10.0 Å². The second kappa shape index (κ2) is 10.4. The van der Waals surface area contributed by atoms with Gasteiger partial charge in [-0.2, -0.15) is 0 Å². The lowest BCUT2D eigenvalue weighted by Crippen LogP contribution is -2.41. The maximum absolute atomic E-state index is 13.7. The fourth-order valence-corrected chi connectivity index (χ4v) is 5.80. The number of amides is 3. The summed E-state index contributed by atoms with van der Waals surface area (Å²) < 4.78 is 27.4. The number of imide groups is 1. The van der Waals surface area contributed by atoms with E-state index in [1.165, 1.54) is 0 Å². The second-order valence-corrected chi connectivity index (χ2v) is 10.4. The van der Waals surface area contributed by atoms with Crippen LogP contribution in [0, 0.1) is 28.9 Å². The lowest BCUT2D eigenvalue weighted by Gasteiger charge is -2.33. The summed E-state index contributed by atoms with van der Waals surface area (Å²) in [6.45, 7) is 4.49. The highest BCUT2D eigenvalue weighted by atomic mass is 19.2. The van der Waals surface area contributed by atoms with Gasteiger partial charge in [0.25, 0.3) is 11.8 Å². The number of aliphatic carboxylic acids is 1. The van der Waals surface area contributed by atoms with Crippen LogP contribution < -0.4 is 0 Å². The van der Waals surface area contributed by atoms with Gasteiger partial charge in [0.2, 0.25) is 5.91 Å². The summed E-state index contributed by atoms with van der Waals surface area (Å²) in [5.74, 6) is -5.58. The molecule has 9 heteroatoms. The zero-order valence-electron chi connectivity index (χ0n) is 20.9. The number of likely N-dealkylation sites (tertiary alicyclic amines) is 1. The van der Waals surface area contributed by atoms with Crippen molar-refractivity contribution in [2.24, 2.45) is 17.3 Å². The number of fused-ring (bicyclic) bond motifs is 1. The lowest BCUT2D eigenvalue weighted by atomic mass is 9.68. The molecule has 2 aromatic rings. The highest BCUT2D eigenvalue weighted by Gasteiger charge is 2.55. The van der Waals surface area contributed by atoms with E-state index in [2.05, 4.69) is 0 Å². The minimum absolute atomic E-state index is 0.0325. The number of nitrogens with zero attached hydrogens (tertiary/aromatic N) is 2. The van der Waals surface area contributed by atoms with Gasteiger partial charge in [0, 0.05) is 19.6 Å². The Labute approximate surface area is 214 Å². The van der Waals surface area contributed by atoms with Crippen LogP contribution in [0.3, 0.4) is 0 Å². The Bertz CT molecular complexity index is 1190. The molecule has 1 fully saturated rings. The maximum atomic E-state index is 13.7. The molecule has 0 bridgehead atoms. The number of carbonyl (C=O) groups is 4. The second-order valence-electron chi connectivity index (χ2n) is 10.4. The van der Waals surface area contributed by atoms with Gasteiger partial charge in [-0.05, 0) is 48.8 Å². The summed E-state index contributed by atoms with van der Waals surface area (Å²) >= 11 is 0. The largest absolute Gasteiger partial charge is 0.481 e. The van der Waals surface area contributed by atoms with Gasteiger partial charge in [0.15, 0.2) is 11.6 Å². The molecule has 2 unspecified atom stereocenters. The summed E-state index contributed by atoms with van der Waals surface area (Å²) in [5.41, 5.74) is -0.519. The van der Waals surface area contributed by atoms with Crippen molar-refractivity contribution in [1.29, 1.82) is 0 Å². The summed E-state index contributed by atoms with van der Waals surface area (Å²) in [5, 5.41) is 9.76. The molecule has 4 rings (SSSR count). The van der Waals surface area contributed by atoms with Gasteiger partial charge >= 0.3 is 5.97 Å². The van der Waals surface area contributed by atoms with Crippen LogP contribution >= 0.6 is 0 Å². The van der Waals surface area contributed by atoms with Crippen LogP contribution in [0.15, 0.2) is 42.5 Å². The zero-order chi connectivity index (χ0) is 26.9. The van der Waals surface area contributed by atoms with Gasteiger partial charge in [0.1, 0.15) is 0 Å². The van der Waals surface area contributed by atoms with Crippen molar-refractivity contribution in [3.8, 4) is 0 Å². The molecule has 3 amide bonds. The first-order valence-corrected chi connectivity index (χ1v) is 12.4. The number of hydrogen-bond acceptors (Lipinski definition) is 4. The molecule has 2 aliphatic heterocycles. The van der Waals surface area contributed by atoms with E-state index in [9.17, 15) is 33.1 Å². The normalized spacial score (nSPS) is 21.3. The molecule has 0 spiro atoms. The summed E-state index contributed by atoms with van der Waals surface area (Å²) in [6, 6.07) is 11.1. The van der Waals surface area contributed by atoms with E-state index in [0.717, 1.165) is 22.6 Å². The van der Waals surface area contributed by atoms with Crippen LogP contribution in [0.25, 0.3) is 0 Å². The zero-order valence-corrected chi connectivity index (χ0v) is 20.9. The Morgan fingerprint density at radius 2 is 1.62 bits per heavy atom. The van der Waals surface area contributed by atoms with E-state index >= 15 is 0 Å². The van der Waals surface area contributed by atoms with Crippen LogP contribution in [-0.4, -0.2) is 58.2 Å². The first kappa shape index (κ1) is 26.4. The average Bonchev–Trinajstić information content (AvgIpc) is 3.21. The Morgan fingerprint density at radius 1 is 1.03 bits per heavy atom. The number of halogens is 2. The van der Waals surface area contributed by atoms with Crippen molar-refractivity contribution in [1.82, 2.24) is 9.80 Å². The minimum Gasteiger partial charge on any atom is -0.481 e. The van der Waals surface area contributed by atoms with Crippen molar-refractivity contribution < 1.29 is 33.1 Å². The van der Waals surface area contributed by atoms with E-state index in [4.69, 9.17) is 0 Å². The first-order valence-electron chi connectivity index (χ1n) is 12.4. The smallest absolute Gasteiger partial charge is 0.304 e. The minimum atomic E-state index is -1.21. The Balaban J connectivity index is 1.57. The molecule has 2 aromatic carbocycles. The van der Waals surface area contributed by atoms with Crippen LogP contribution in [0.5, 0.6) is 0 Å². The van der Waals surface area contributed by atoms with Crippen molar-refractivity contribution >= 4 is 23.7 Å². The number of hydrogen-bond donors (Lipinski definition) is 1. The highest BCUT2D eigenvalue weighted by molar-refractivity contribution is 6.21. The van der Waals surface area contributed by atoms with E-state index in [1.807, 2.05) is 44.2 Å². The van der Waals surface area contributed by atoms with Gasteiger partial charge in [-0.1, -0.05) is 44.2 Å². The Hall–Kier alpha value is -3.62. The molecule has 0 aromatic heterocycles. The molecular weight excluding hydrogens is 482 g/mol. The fourth-order valence-electron chi connectivity index (χ4n) is 5.80. The van der Waals surface area contributed by atoms with Gasteiger partial charge in [0.05, 0.1) is 23.0 Å². The fraction of sp³-hybridized carbons (Fsp3) is 0.429. The van der Waals surface area contributed by atoms with Crippen molar-refractivity contribution in [2.75, 3.05) is 19.6 Å². The van der Waals surface area contributed by atoms with E-state index in [1.54, 1.807) is 4.90 Å². The summed E-state index contributed by atoms with van der Waals surface area (Å²) in [6.07, 6.45) is 0.807. The maximum Gasteiger partial charge on any atom is 0.304 e. The molecule has 0 saturated carbocycles. The van der Waals surface area contributed by atoms with Crippen LogP contribution in [-0.2, 0) is 16.0 Å². The summed E-state index contributed by atoms with van der Waals surface area (Å²) in [4.78, 5) is 53.9. The monoisotopic (exact) mass is 512 g/mol. The third-order valence-corrected chi connectivity index (χ3v) is 7.40. The van der Waals surface area contributed by atoms with Crippen molar-refractivity contribution in [2.45, 2.75) is 39.5 Å². The van der Waals surface area contributed by atoms with Gasteiger partial charge in [-0.25, -0.2) is 8.78 Å². The molecule has 196 valence electrons. The predicted octanol–water partition coefficient (Wildman–Crippen LogP) is 4.16.